The SMILES string of the molecule is CCN(Cc1ccccc1)Cc1ccc(CN)cn1. The lowest BCUT2D eigenvalue weighted by Gasteiger charge is -2.20. The molecule has 0 aliphatic heterocycles. The summed E-state index contributed by atoms with van der Waals surface area (Å²) >= 11 is 0. The van der Waals surface area contributed by atoms with Gasteiger partial charge in [0.25, 0.3) is 0 Å². The molecule has 2 N–H and O–H groups in total. The van der Waals surface area contributed by atoms with E-state index in [2.05, 4.69) is 53.2 Å². The standard InChI is InChI=1S/C16H21N3/c1-2-19(12-14-6-4-3-5-7-14)13-16-9-8-15(10-17)11-18-16/h3-9,11H,2,10,12-13,17H2,1H3. The fourth-order valence-corrected chi connectivity index (χ4v) is 2.02. The van der Waals surface area contributed by atoms with Crippen LogP contribution in [0.2, 0.25) is 0 Å². The fourth-order valence-electron chi connectivity index (χ4n) is 2.02. The highest BCUT2D eigenvalue weighted by Crippen LogP contribution is 2.08. The molecule has 0 radical (unpaired) electrons. The maximum absolute atomic E-state index is 5.58. The maximum Gasteiger partial charge on any atom is 0.0544 e. The van der Waals surface area contributed by atoms with Gasteiger partial charge in [-0.25, -0.2) is 0 Å². The highest BCUT2D eigenvalue weighted by Gasteiger charge is 2.05. The van der Waals surface area contributed by atoms with Crippen molar-refractivity contribution >= 4 is 0 Å². The molecule has 1 aromatic heterocycles. The molecule has 3 heteroatoms. The predicted octanol–water partition coefficient (Wildman–Crippen LogP) is 2.56. The lowest BCUT2D eigenvalue weighted by Crippen LogP contribution is -2.22. The van der Waals surface area contributed by atoms with Crippen LogP contribution in [0.15, 0.2) is 48.7 Å². The number of aromatic nitrogens is 1. The van der Waals surface area contributed by atoms with Gasteiger partial charge in [0.2, 0.25) is 0 Å². The largest absolute Gasteiger partial charge is 0.326 e. The topological polar surface area (TPSA) is 42.1 Å². The summed E-state index contributed by atoms with van der Waals surface area (Å²) < 4.78 is 0. The van der Waals surface area contributed by atoms with Crippen molar-refractivity contribution in [1.29, 1.82) is 0 Å². The van der Waals surface area contributed by atoms with Crippen molar-refractivity contribution in [2.75, 3.05) is 6.54 Å². The Hall–Kier alpha value is -1.71. The smallest absolute Gasteiger partial charge is 0.0544 e. The molecule has 2 rings (SSSR count). The third-order valence-corrected chi connectivity index (χ3v) is 3.20. The first-order valence-electron chi connectivity index (χ1n) is 6.72. The lowest BCUT2D eigenvalue weighted by atomic mass is 10.2. The van der Waals surface area contributed by atoms with Gasteiger partial charge in [-0.1, -0.05) is 43.3 Å². The second-order valence-corrected chi connectivity index (χ2v) is 4.65. The van der Waals surface area contributed by atoms with Gasteiger partial charge in [-0.15, -0.1) is 0 Å². The third kappa shape index (κ3) is 4.16. The van der Waals surface area contributed by atoms with Gasteiger partial charge in [0.15, 0.2) is 0 Å². The fraction of sp³-hybridized carbons (Fsp3) is 0.312. The van der Waals surface area contributed by atoms with E-state index in [0.29, 0.717) is 6.54 Å². The van der Waals surface area contributed by atoms with E-state index in [1.165, 1.54) is 5.56 Å². The molecule has 0 fully saturated rings. The minimum Gasteiger partial charge on any atom is -0.326 e. The zero-order valence-corrected chi connectivity index (χ0v) is 11.4. The van der Waals surface area contributed by atoms with Gasteiger partial charge in [-0.2, -0.15) is 0 Å². The number of benzene rings is 1. The molecule has 2 aromatic rings. The molecule has 0 atom stereocenters. The van der Waals surface area contributed by atoms with Crippen LogP contribution >= 0.6 is 0 Å². The average molecular weight is 255 g/mol. The quantitative estimate of drug-likeness (QED) is 0.862. The molecule has 0 saturated heterocycles. The highest BCUT2D eigenvalue weighted by atomic mass is 15.1. The number of nitrogens with zero attached hydrogens (tertiary/aromatic N) is 2. The van der Waals surface area contributed by atoms with Gasteiger partial charge in [0, 0.05) is 25.8 Å². The monoisotopic (exact) mass is 255 g/mol. The summed E-state index contributed by atoms with van der Waals surface area (Å²) in [7, 11) is 0. The van der Waals surface area contributed by atoms with E-state index in [1.807, 2.05) is 12.3 Å². The highest BCUT2D eigenvalue weighted by molar-refractivity contribution is 5.16. The zero-order valence-electron chi connectivity index (χ0n) is 11.4. The molecule has 1 heterocycles. The van der Waals surface area contributed by atoms with Crippen molar-refractivity contribution < 1.29 is 0 Å². The maximum atomic E-state index is 5.58. The number of rotatable bonds is 6. The van der Waals surface area contributed by atoms with Crippen molar-refractivity contribution in [1.82, 2.24) is 9.88 Å². The van der Waals surface area contributed by atoms with Gasteiger partial charge in [0.05, 0.1) is 5.69 Å². The molecule has 3 nitrogen and oxygen atoms in total. The Kier molecular flexibility index (Phi) is 5.07. The van der Waals surface area contributed by atoms with Crippen LogP contribution in [-0.2, 0) is 19.6 Å². The van der Waals surface area contributed by atoms with E-state index in [0.717, 1.165) is 30.9 Å². The molecule has 0 aliphatic rings. The third-order valence-electron chi connectivity index (χ3n) is 3.20. The molecule has 1 aromatic carbocycles. The Labute approximate surface area is 115 Å². The van der Waals surface area contributed by atoms with Crippen molar-refractivity contribution in [3.8, 4) is 0 Å². The molecular formula is C16H21N3. The molecule has 0 aliphatic carbocycles. The zero-order chi connectivity index (χ0) is 13.5. The van der Waals surface area contributed by atoms with Crippen molar-refractivity contribution in [3.63, 3.8) is 0 Å². The van der Waals surface area contributed by atoms with Crippen LogP contribution in [0.3, 0.4) is 0 Å². The number of pyridine rings is 1. The molecule has 100 valence electrons. The van der Waals surface area contributed by atoms with E-state index in [1.54, 1.807) is 0 Å². The average Bonchev–Trinajstić information content (AvgIpc) is 2.48. The van der Waals surface area contributed by atoms with Crippen LogP contribution in [-0.4, -0.2) is 16.4 Å². The summed E-state index contributed by atoms with van der Waals surface area (Å²) in [5, 5.41) is 0. The van der Waals surface area contributed by atoms with Crippen molar-refractivity contribution in [2.45, 2.75) is 26.6 Å². The number of nitrogens with two attached hydrogens (primary N) is 1. The normalized spacial score (nSPS) is 10.9. The van der Waals surface area contributed by atoms with Gasteiger partial charge in [-0.3, -0.25) is 9.88 Å². The Balaban J connectivity index is 1.98. The predicted molar refractivity (Wildman–Crippen MR) is 78.4 cm³/mol. The molecule has 0 bridgehead atoms. The number of hydrogen-bond acceptors (Lipinski definition) is 3. The second kappa shape index (κ2) is 7.02. The first-order valence-corrected chi connectivity index (χ1v) is 6.72. The van der Waals surface area contributed by atoms with Gasteiger partial charge >= 0.3 is 0 Å². The molecule has 0 amide bonds. The molecular weight excluding hydrogens is 234 g/mol. The van der Waals surface area contributed by atoms with Crippen LogP contribution in [0.4, 0.5) is 0 Å². The van der Waals surface area contributed by atoms with E-state index in [4.69, 9.17) is 5.73 Å². The lowest BCUT2D eigenvalue weighted by molar-refractivity contribution is 0.268. The first-order chi connectivity index (χ1) is 9.31. The van der Waals surface area contributed by atoms with Crippen molar-refractivity contribution in [3.05, 3.63) is 65.5 Å². The molecule has 0 unspecified atom stereocenters. The Morgan fingerprint density at radius 1 is 1.00 bits per heavy atom. The Morgan fingerprint density at radius 3 is 2.37 bits per heavy atom. The minimum absolute atomic E-state index is 0.550. The van der Waals surface area contributed by atoms with Gasteiger partial charge < -0.3 is 5.73 Å². The molecule has 0 spiro atoms. The van der Waals surface area contributed by atoms with E-state index >= 15 is 0 Å². The second-order valence-electron chi connectivity index (χ2n) is 4.65. The van der Waals surface area contributed by atoms with Crippen LogP contribution in [0.25, 0.3) is 0 Å². The van der Waals surface area contributed by atoms with Crippen LogP contribution < -0.4 is 5.73 Å². The summed E-state index contributed by atoms with van der Waals surface area (Å²) in [6.07, 6.45) is 1.87. The van der Waals surface area contributed by atoms with Crippen LogP contribution in [0.1, 0.15) is 23.7 Å². The van der Waals surface area contributed by atoms with Crippen LogP contribution in [0, 0.1) is 0 Å². The number of hydrogen-bond donors (Lipinski definition) is 1. The molecule has 19 heavy (non-hydrogen) atoms. The summed E-state index contributed by atoms with van der Waals surface area (Å²) in [4.78, 5) is 6.83. The van der Waals surface area contributed by atoms with Crippen LogP contribution in [0.5, 0.6) is 0 Å². The summed E-state index contributed by atoms with van der Waals surface area (Å²) in [6.45, 7) is 5.56. The molecule has 0 saturated carbocycles. The Morgan fingerprint density at radius 2 is 1.79 bits per heavy atom. The Bertz CT molecular complexity index is 479. The van der Waals surface area contributed by atoms with E-state index in [9.17, 15) is 0 Å². The van der Waals surface area contributed by atoms with Crippen molar-refractivity contribution in [2.24, 2.45) is 5.73 Å². The van der Waals surface area contributed by atoms with Gasteiger partial charge in [-0.05, 0) is 23.7 Å². The summed E-state index contributed by atoms with van der Waals surface area (Å²) in [6, 6.07) is 14.7. The summed E-state index contributed by atoms with van der Waals surface area (Å²) in [5.41, 5.74) is 9.09. The van der Waals surface area contributed by atoms with E-state index < -0.39 is 0 Å². The minimum atomic E-state index is 0.550. The van der Waals surface area contributed by atoms with Gasteiger partial charge in [0.1, 0.15) is 0 Å². The first kappa shape index (κ1) is 13.7. The van der Waals surface area contributed by atoms with E-state index in [-0.39, 0.29) is 0 Å². The summed E-state index contributed by atoms with van der Waals surface area (Å²) in [5.74, 6) is 0.